The fourth-order valence-corrected chi connectivity index (χ4v) is 2.25. The van der Waals surface area contributed by atoms with Crippen molar-refractivity contribution in [1.82, 2.24) is 0 Å². The molecule has 1 unspecified atom stereocenters. The third-order valence-electron chi connectivity index (χ3n) is 3.61. The van der Waals surface area contributed by atoms with Crippen LogP contribution >= 0.6 is 0 Å². The van der Waals surface area contributed by atoms with Crippen molar-refractivity contribution >= 4 is 5.97 Å². The lowest BCUT2D eigenvalue weighted by atomic mass is 10.0. The Hall–Kier alpha value is -0.640. The minimum absolute atomic E-state index is 0.212. The Morgan fingerprint density at radius 2 is 1.48 bits per heavy atom. The Balaban J connectivity index is 3.47. The van der Waals surface area contributed by atoms with Crippen molar-refractivity contribution in [3.05, 3.63) is 0 Å². The topological polar surface area (TPSA) is 46.5 Å². The summed E-state index contributed by atoms with van der Waals surface area (Å²) in [6, 6.07) is 0. The Bertz CT molecular complexity index is 246. The molecule has 0 aromatic rings. The van der Waals surface area contributed by atoms with Gasteiger partial charge in [-0.15, -0.1) is 0 Å². The number of hydrogen-bond acceptors (Lipinski definition) is 3. The highest BCUT2D eigenvalue weighted by atomic mass is 19.1. The molecule has 0 aliphatic heterocycles. The molecule has 0 spiro atoms. The Morgan fingerprint density at radius 1 is 0.952 bits per heavy atom. The van der Waals surface area contributed by atoms with Crippen molar-refractivity contribution < 1.29 is 19.0 Å². The first-order valence-electron chi connectivity index (χ1n) is 8.62. The molecule has 0 radical (unpaired) electrons. The number of esters is 1. The van der Waals surface area contributed by atoms with Crippen LogP contribution in [-0.4, -0.2) is 30.0 Å². The molecule has 0 aliphatic rings. The molecular formula is C17H33FO3. The van der Waals surface area contributed by atoms with Crippen LogP contribution in [-0.2, 0) is 9.53 Å². The second kappa shape index (κ2) is 14.3. The van der Waals surface area contributed by atoms with Gasteiger partial charge in [0.15, 0.2) is 0 Å². The summed E-state index contributed by atoms with van der Waals surface area (Å²) in [6.07, 6.45) is 8.41. The zero-order valence-corrected chi connectivity index (χ0v) is 13.8. The van der Waals surface area contributed by atoms with Crippen LogP contribution in [0.25, 0.3) is 0 Å². The monoisotopic (exact) mass is 304 g/mol. The van der Waals surface area contributed by atoms with Gasteiger partial charge in [-0.2, -0.15) is 0 Å². The number of halogens is 1. The SMILES string of the molecule is CCCCCCCCCCC[C@@H](O)C(F)C(=O)OCCC. The molecule has 0 aromatic heterocycles. The molecule has 0 aliphatic carbocycles. The second-order valence-electron chi connectivity index (χ2n) is 5.75. The number of aliphatic hydroxyl groups excluding tert-OH is 1. The van der Waals surface area contributed by atoms with Crippen LogP contribution in [0.15, 0.2) is 0 Å². The lowest BCUT2D eigenvalue weighted by Crippen LogP contribution is -2.31. The van der Waals surface area contributed by atoms with Crippen LogP contribution in [0.1, 0.15) is 84.5 Å². The van der Waals surface area contributed by atoms with Crippen LogP contribution in [0.4, 0.5) is 4.39 Å². The first-order valence-corrected chi connectivity index (χ1v) is 8.62. The van der Waals surface area contributed by atoms with Crippen LogP contribution < -0.4 is 0 Å². The quantitative estimate of drug-likeness (QED) is 0.378. The standard InChI is InChI=1S/C17H33FO3/c1-3-5-6-7-8-9-10-11-12-13-15(19)16(18)17(20)21-14-4-2/h15-16,19H,3-14H2,1-2H3/t15-,16?/m1/s1. The number of carbonyl (C=O) groups excluding carboxylic acids is 1. The Morgan fingerprint density at radius 3 is 2.00 bits per heavy atom. The maximum atomic E-state index is 13.5. The van der Waals surface area contributed by atoms with E-state index in [0.29, 0.717) is 12.8 Å². The zero-order chi connectivity index (χ0) is 15.9. The molecule has 126 valence electrons. The van der Waals surface area contributed by atoms with Crippen molar-refractivity contribution in [3.8, 4) is 0 Å². The van der Waals surface area contributed by atoms with Gasteiger partial charge in [-0.3, -0.25) is 0 Å². The lowest BCUT2D eigenvalue weighted by Gasteiger charge is -2.14. The first-order chi connectivity index (χ1) is 10.1. The van der Waals surface area contributed by atoms with Gasteiger partial charge in [0, 0.05) is 0 Å². The number of rotatable bonds is 14. The van der Waals surface area contributed by atoms with E-state index < -0.39 is 18.2 Å². The summed E-state index contributed by atoms with van der Waals surface area (Å²) >= 11 is 0. The summed E-state index contributed by atoms with van der Waals surface area (Å²) < 4.78 is 18.2. The maximum absolute atomic E-state index is 13.5. The predicted molar refractivity (Wildman–Crippen MR) is 84.0 cm³/mol. The van der Waals surface area contributed by atoms with Crippen molar-refractivity contribution in [2.24, 2.45) is 0 Å². The van der Waals surface area contributed by atoms with Gasteiger partial charge >= 0.3 is 5.97 Å². The Labute approximate surface area is 129 Å². The summed E-state index contributed by atoms with van der Waals surface area (Å²) in [4.78, 5) is 11.2. The van der Waals surface area contributed by atoms with Crippen LogP contribution in [0.3, 0.4) is 0 Å². The molecule has 0 fully saturated rings. The molecule has 3 nitrogen and oxygen atoms in total. The second-order valence-corrected chi connectivity index (χ2v) is 5.75. The molecule has 21 heavy (non-hydrogen) atoms. The molecule has 0 saturated carbocycles. The maximum Gasteiger partial charge on any atom is 0.343 e. The minimum Gasteiger partial charge on any atom is -0.463 e. The van der Waals surface area contributed by atoms with Crippen LogP contribution in [0.5, 0.6) is 0 Å². The fraction of sp³-hybridized carbons (Fsp3) is 0.941. The molecule has 0 aromatic carbocycles. The molecular weight excluding hydrogens is 271 g/mol. The van der Waals surface area contributed by atoms with E-state index in [9.17, 15) is 14.3 Å². The highest BCUT2D eigenvalue weighted by molar-refractivity contribution is 5.75. The van der Waals surface area contributed by atoms with E-state index in [2.05, 4.69) is 6.92 Å². The predicted octanol–water partition coefficient (Wildman–Crippen LogP) is 4.56. The normalized spacial score (nSPS) is 13.9. The molecule has 0 rings (SSSR count). The lowest BCUT2D eigenvalue weighted by molar-refractivity contribution is -0.154. The number of alkyl halides is 1. The van der Waals surface area contributed by atoms with E-state index in [1.54, 1.807) is 0 Å². The van der Waals surface area contributed by atoms with Crippen molar-refractivity contribution in [1.29, 1.82) is 0 Å². The third kappa shape index (κ3) is 11.7. The summed E-state index contributed by atoms with van der Waals surface area (Å²) in [7, 11) is 0. The van der Waals surface area contributed by atoms with E-state index in [4.69, 9.17) is 4.74 Å². The third-order valence-corrected chi connectivity index (χ3v) is 3.61. The molecule has 0 heterocycles. The zero-order valence-electron chi connectivity index (χ0n) is 13.8. The van der Waals surface area contributed by atoms with Gasteiger partial charge in [0.25, 0.3) is 0 Å². The minimum atomic E-state index is -1.90. The summed E-state index contributed by atoms with van der Waals surface area (Å²) in [5, 5.41) is 9.61. The molecule has 0 saturated heterocycles. The number of aliphatic hydroxyl groups is 1. The molecule has 4 heteroatoms. The summed E-state index contributed by atoms with van der Waals surface area (Å²) in [6.45, 7) is 4.27. The highest BCUT2D eigenvalue weighted by Gasteiger charge is 2.27. The number of hydrogen-bond donors (Lipinski definition) is 1. The molecule has 1 N–H and O–H groups in total. The van der Waals surface area contributed by atoms with Crippen molar-refractivity contribution in [2.75, 3.05) is 6.61 Å². The molecule has 2 atom stereocenters. The van der Waals surface area contributed by atoms with Gasteiger partial charge in [0.05, 0.1) is 12.7 Å². The van der Waals surface area contributed by atoms with Gasteiger partial charge in [-0.1, -0.05) is 71.6 Å². The Kier molecular flexibility index (Phi) is 13.9. The van der Waals surface area contributed by atoms with Crippen molar-refractivity contribution in [3.63, 3.8) is 0 Å². The summed E-state index contributed by atoms with van der Waals surface area (Å²) in [5.74, 6) is -0.930. The van der Waals surface area contributed by atoms with E-state index in [1.807, 2.05) is 6.92 Å². The van der Waals surface area contributed by atoms with E-state index in [-0.39, 0.29) is 6.61 Å². The van der Waals surface area contributed by atoms with Gasteiger partial charge < -0.3 is 9.84 Å². The smallest absolute Gasteiger partial charge is 0.343 e. The van der Waals surface area contributed by atoms with E-state index in [0.717, 1.165) is 19.3 Å². The van der Waals surface area contributed by atoms with Gasteiger partial charge in [-0.25, -0.2) is 9.18 Å². The van der Waals surface area contributed by atoms with Gasteiger partial charge in [0.1, 0.15) is 0 Å². The van der Waals surface area contributed by atoms with E-state index in [1.165, 1.54) is 38.5 Å². The van der Waals surface area contributed by atoms with E-state index >= 15 is 0 Å². The number of unbranched alkanes of at least 4 members (excludes halogenated alkanes) is 8. The average molecular weight is 304 g/mol. The largest absolute Gasteiger partial charge is 0.463 e. The fourth-order valence-electron chi connectivity index (χ4n) is 2.25. The van der Waals surface area contributed by atoms with Crippen LogP contribution in [0, 0.1) is 0 Å². The number of carbonyl (C=O) groups is 1. The van der Waals surface area contributed by atoms with Gasteiger partial charge in [-0.05, 0) is 12.8 Å². The summed E-state index contributed by atoms with van der Waals surface area (Å²) in [5.41, 5.74) is 0. The van der Waals surface area contributed by atoms with Crippen LogP contribution in [0.2, 0.25) is 0 Å². The highest BCUT2D eigenvalue weighted by Crippen LogP contribution is 2.14. The number of ether oxygens (including phenoxy) is 1. The molecule has 0 bridgehead atoms. The first kappa shape index (κ1) is 20.4. The average Bonchev–Trinajstić information content (AvgIpc) is 2.49. The molecule has 0 amide bonds. The van der Waals surface area contributed by atoms with Crippen molar-refractivity contribution in [2.45, 2.75) is 96.8 Å². The van der Waals surface area contributed by atoms with Gasteiger partial charge in [0.2, 0.25) is 6.17 Å².